The fourth-order valence-corrected chi connectivity index (χ4v) is 3.87. The molecule has 1 aliphatic heterocycles. The van der Waals surface area contributed by atoms with Crippen LogP contribution in [0.4, 0.5) is 4.79 Å². The molecule has 2 aromatic carbocycles. The second-order valence-electron chi connectivity index (χ2n) is 8.21. The third-order valence-corrected chi connectivity index (χ3v) is 5.81. The highest BCUT2D eigenvalue weighted by molar-refractivity contribution is 5.84. The summed E-state index contributed by atoms with van der Waals surface area (Å²) in [4.78, 5) is 27.4. The van der Waals surface area contributed by atoms with E-state index in [4.69, 9.17) is 4.74 Å². The van der Waals surface area contributed by atoms with Crippen molar-refractivity contribution in [1.29, 1.82) is 0 Å². The minimum atomic E-state index is -0.589. The summed E-state index contributed by atoms with van der Waals surface area (Å²) in [6.45, 7) is 5.98. The van der Waals surface area contributed by atoms with Crippen molar-refractivity contribution in [2.45, 2.75) is 39.8 Å². The number of carbonyl (C=O) groups is 2. The topological polar surface area (TPSA) is 70.7 Å². The number of methoxy groups -OCH3 is 1. The standard InChI is InChI=1S/C24H31N3O3/c1-18-8-4-5-10-20(18)16-25-22(28)24(2)12-7-13-27(17-24)23(29)26-15-19-9-6-11-21(14-19)30-3/h4-6,8-11,14H,7,12-13,15-17H2,1-3H3,(H,25,28)(H,26,29). The van der Waals surface area contributed by atoms with Crippen molar-refractivity contribution < 1.29 is 14.3 Å². The zero-order chi connectivity index (χ0) is 21.6. The highest BCUT2D eigenvalue weighted by atomic mass is 16.5. The predicted octanol–water partition coefficient (Wildman–Crippen LogP) is 3.63. The molecule has 0 aromatic heterocycles. The van der Waals surface area contributed by atoms with Gasteiger partial charge in [0.1, 0.15) is 5.75 Å². The fraction of sp³-hybridized carbons (Fsp3) is 0.417. The molecule has 6 heteroatoms. The summed E-state index contributed by atoms with van der Waals surface area (Å²) >= 11 is 0. The Morgan fingerprint density at radius 1 is 1.10 bits per heavy atom. The number of hydrogen-bond acceptors (Lipinski definition) is 3. The first-order valence-corrected chi connectivity index (χ1v) is 10.4. The van der Waals surface area contributed by atoms with Gasteiger partial charge in [0, 0.05) is 26.2 Å². The Bertz CT molecular complexity index is 899. The van der Waals surface area contributed by atoms with Gasteiger partial charge in [-0.05, 0) is 55.5 Å². The number of likely N-dealkylation sites (tertiary alicyclic amines) is 1. The van der Waals surface area contributed by atoms with Crippen LogP contribution in [-0.4, -0.2) is 37.0 Å². The number of nitrogens with zero attached hydrogens (tertiary/aromatic N) is 1. The first-order valence-electron chi connectivity index (χ1n) is 10.4. The van der Waals surface area contributed by atoms with Crippen LogP contribution in [0.5, 0.6) is 5.75 Å². The number of benzene rings is 2. The van der Waals surface area contributed by atoms with Crippen molar-refractivity contribution in [3.63, 3.8) is 0 Å². The summed E-state index contributed by atoms with van der Waals surface area (Å²) in [7, 11) is 1.62. The number of rotatable bonds is 6. The number of amides is 3. The summed E-state index contributed by atoms with van der Waals surface area (Å²) in [6, 6.07) is 15.5. The van der Waals surface area contributed by atoms with Crippen molar-refractivity contribution >= 4 is 11.9 Å². The SMILES string of the molecule is COc1cccc(CNC(=O)N2CCCC(C)(C(=O)NCc3ccccc3C)C2)c1. The highest BCUT2D eigenvalue weighted by Gasteiger charge is 2.39. The van der Waals surface area contributed by atoms with Gasteiger partial charge < -0.3 is 20.3 Å². The van der Waals surface area contributed by atoms with Gasteiger partial charge in [-0.25, -0.2) is 4.79 Å². The molecular weight excluding hydrogens is 378 g/mol. The summed E-state index contributed by atoms with van der Waals surface area (Å²) in [5, 5.41) is 6.03. The molecule has 160 valence electrons. The molecule has 0 bridgehead atoms. The van der Waals surface area contributed by atoms with Crippen LogP contribution in [0.1, 0.15) is 36.5 Å². The van der Waals surface area contributed by atoms with Crippen LogP contribution in [0.25, 0.3) is 0 Å². The lowest BCUT2D eigenvalue weighted by Gasteiger charge is -2.39. The molecule has 1 aliphatic rings. The molecule has 2 N–H and O–H groups in total. The maximum atomic E-state index is 12.9. The summed E-state index contributed by atoms with van der Waals surface area (Å²) in [5.41, 5.74) is 2.65. The zero-order valence-corrected chi connectivity index (χ0v) is 18.0. The molecule has 1 atom stereocenters. The van der Waals surface area contributed by atoms with Gasteiger partial charge in [0.25, 0.3) is 0 Å². The van der Waals surface area contributed by atoms with Gasteiger partial charge in [0.15, 0.2) is 0 Å². The molecule has 2 aromatic rings. The van der Waals surface area contributed by atoms with E-state index in [0.29, 0.717) is 26.2 Å². The van der Waals surface area contributed by atoms with Gasteiger partial charge in [0.2, 0.25) is 5.91 Å². The van der Waals surface area contributed by atoms with Crippen LogP contribution >= 0.6 is 0 Å². The van der Waals surface area contributed by atoms with Gasteiger partial charge in [-0.15, -0.1) is 0 Å². The van der Waals surface area contributed by atoms with Crippen molar-refractivity contribution in [1.82, 2.24) is 15.5 Å². The molecule has 3 amide bonds. The van der Waals surface area contributed by atoms with Crippen molar-refractivity contribution in [3.05, 3.63) is 65.2 Å². The van der Waals surface area contributed by atoms with E-state index in [9.17, 15) is 9.59 Å². The molecule has 1 unspecified atom stereocenters. The Morgan fingerprint density at radius 3 is 2.67 bits per heavy atom. The summed E-state index contributed by atoms with van der Waals surface area (Å²) < 4.78 is 5.23. The van der Waals surface area contributed by atoms with Gasteiger partial charge >= 0.3 is 6.03 Å². The molecule has 30 heavy (non-hydrogen) atoms. The third kappa shape index (κ3) is 5.32. The lowest BCUT2D eigenvalue weighted by Crippen LogP contribution is -2.53. The highest BCUT2D eigenvalue weighted by Crippen LogP contribution is 2.30. The molecule has 6 nitrogen and oxygen atoms in total. The number of urea groups is 1. The van der Waals surface area contributed by atoms with Crippen molar-refractivity contribution in [2.24, 2.45) is 5.41 Å². The van der Waals surface area contributed by atoms with E-state index >= 15 is 0 Å². The molecule has 0 radical (unpaired) electrons. The summed E-state index contributed by atoms with van der Waals surface area (Å²) in [5.74, 6) is 0.758. The van der Waals surface area contributed by atoms with E-state index in [0.717, 1.165) is 35.3 Å². The fourth-order valence-electron chi connectivity index (χ4n) is 3.87. The average molecular weight is 410 g/mol. The molecule has 1 heterocycles. The molecule has 0 spiro atoms. The van der Waals surface area contributed by atoms with E-state index in [1.165, 1.54) is 0 Å². The normalized spacial score (nSPS) is 18.6. The lowest BCUT2D eigenvalue weighted by molar-refractivity contribution is -0.132. The molecule has 1 saturated heterocycles. The Kier molecular flexibility index (Phi) is 6.98. The van der Waals surface area contributed by atoms with E-state index < -0.39 is 5.41 Å². The number of piperidine rings is 1. The van der Waals surface area contributed by atoms with Crippen molar-refractivity contribution in [2.75, 3.05) is 20.2 Å². The van der Waals surface area contributed by atoms with Crippen LogP contribution < -0.4 is 15.4 Å². The second-order valence-corrected chi connectivity index (χ2v) is 8.21. The molecule has 0 saturated carbocycles. The quantitative estimate of drug-likeness (QED) is 0.765. The number of ether oxygens (including phenoxy) is 1. The number of carbonyl (C=O) groups excluding carboxylic acids is 2. The smallest absolute Gasteiger partial charge is 0.317 e. The van der Waals surface area contributed by atoms with Crippen LogP contribution in [0.3, 0.4) is 0 Å². The lowest BCUT2D eigenvalue weighted by atomic mass is 9.81. The van der Waals surface area contributed by atoms with Crippen LogP contribution in [0.2, 0.25) is 0 Å². The van der Waals surface area contributed by atoms with E-state index in [-0.39, 0.29) is 11.9 Å². The predicted molar refractivity (Wildman–Crippen MR) is 117 cm³/mol. The van der Waals surface area contributed by atoms with Gasteiger partial charge in [-0.2, -0.15) is 0 Å². The maximum absolute atomic E-state index is 12.9. The van der Waals surface area contributed by atoms with Crippen molar-refractivity contribution in [3.8, 4) is 5.75 Å². The van der Waals surface area contributed by atoms with Crippen LogP contribution in [-0.2, 0) is 17.9 Å². The Labute approximate surface area is 178 Å². The minimum Gasteiger partial charge on any atom is -0.497 e. The zero-order valence-electron chi connectivity index (χ0n) is 18.0. The van der Waals surface area contributed by atoms with E-state index in [1.54, 1.807) is 12.0 Å². The minimum absolute atomic E-state index is 0.00366. The summed E-state index contributed by atoms with van der Waals surface area (Å²) in [6.07, 6.45) is 1.58. The van der Waals surface area contributed by atoms with E-state index in [2.05, 4.69) is 10.6 Å². The number of nitrogens with one attached hydrogen (secondary N) is 2. The number of hydrogen-bond donors (Lipinski definition) is 2. The van der Waals surface area contributed by atoms with Gasteiger partial charge in [-0.1, -0.05) is 36.4 Å². The van der Waals surface area contributed by atoms with Gasteiger partial charge in [0.05, 0.1) is 12.5 Å². The third-order valence-electron chi connectivity index (χ3n) is 5.81. The first kappa shape index (κ1) is 21.7. The van der Waals surface area contributed by atoms with Gasteiger partial charge in [-0.3, -0.25) is 4.79 Å². The largest absolute Gasteiger partial charge is 0.497 e. The Balaban J connectivity index is 1.55. The maximum Gasteiger partial charge on any atom is 0.317 e. The first-order chi connectivity index (χ1) is 14.4. The average Bonchev–Trinajstić information content (AvgIpc) is 2.76. The Morgan fingerprint density at radius 2 is 1.90 bits per heavy atom. The Hall–Kier alpha value is -3.02. The molecule has 0 aliphatic carbocycles. The second kappa shape index (κ2) is 9.65. The van der Waals surface area contributed by atoms with Crippen LogP contribution in [0.15, 0.2) is 48.5 Å². The molecular formula is C24H31N3O3. The molecule has 1 fully saturated rings. The monoisotopic (exact) mass is 409 g/mol. The molecule has 3 rings (SSSR count). The van der Waals surface area contributed by atoms with E-state index in [1.807, 2.05) is 62.4 Å². The van der Waals surface area contributed by atoms with Crippen LogP contribution in [0, 0.1) is 12.3 Å². The number of aryl methyl sites for hydroxylation is 1.